The van der Waals surface area contributed by atoms with Crippen molar-refractivity contribution in [3.8, 4) is 22.3 Å². The number of imidazole rings is 1. The van der Waals surface area contributed by atoms with E-state index in [4.69, 9.17) is 4.98 Å². The van der Waals surface area contributed by atoms with Crippen LogP contribution in [0, 0.1) is 0 Å². The summed E-state index contributed by atoms with van der Waals surface area (Å²) in [5, 5.41) is 3.78. The quantitative estimate of drug-likeness (QED) is 0.229. The van der Waals surface area contributed by atoms with Gasteiger partial charge in [0.1, 0.15) is 5.65 Å². The van der Waals surface area contributed by atoms with Crippen LogP contribution in [0.25, 0.3) is 60.6 Å². The Morgan fingerprint density at radius 3 is 2.43 bits per heavy atom. The fourth-order valence-electron chi connectivity index (χ4n) is 6.62. The lowest BCUT2D eigenvalue weighted by Gasteiger charge is -2.12. The van der Waals surface area contributed by atoms with Gasteiger partial charge in [0.25, 0.3) is 0 Å². The minimum Gasteiger partial charge on any atom is -0.290 e. The average molecular weight is 446 g/mol. The van der Waals surface area contributed by atoms with Crippen molar-refractivity contribution in [2.75, 3.05) is 0 Å². The molecule has 0 radical (unpaired) electrons. The molecule has 0 amide bonds. The second-order valence-electron chi connectivity index (χ2n) is 9.84. The molecule has 162 valence electrons. The fourth-order valence-corrected chi connectivity index (χ4v) is 6.62. The van der Waals surface area contributed by atoms with Crippen LogP contribution >= 0.6 is 0 Å². The van der Waals surface area contributed by atoms with Gasteiger partial charge in [-0.05, 0) is 99.1 Å². The number of fused-ring (bicyclic) bond motifs is 15. The predicted octanol–water partition coefficient (Wildman–Crippen LogP) is 7.33. The molecule has 0 aliphatic heterocycles. The third-order valence-corrected chi connectivity index (χ3v) is 8.10. The lowest BCUT2D eigenvalue weighted by Crippen LogP contribution is -1.95. The number of hydrogen-bond acceptors (Lipinski definition) is 2. The highest BCUT2D eigenvalue weighted by atomic mass is 15.0. The zero-order valence-electron chi connectivity index (χ0n) is 18.9. The van der Waals surface area contributed by atoms with Gasteiger partial charge in [0.2, 0.25) is 0 Å². The standard InChI is InChI=1S/C32H19N3/c1-2-6-21-18(5-1)13-19-14-26-20(15-25(19)21)16-27-22(26)9-10-24-31(27)23-11-12-33-17-30(23)35-29-8-4-3-7-28(29)34-32(24)35/h1-12,14-15,17H,13,16H2. The topological polar surface area (TPSA) is 30.2 Å². The monoisotopic (exact) mass is 445 g/mol. The van der Waals surface area contributed by atoms with Gasteiger partial charge in [-0.15, -0.1) is 0 Å². The maximum absolute atomic E-state index is 5.08. The van der Waals surface area contributed by atoms with Crippen LogP contribution in [0.3, 0.4) is 0 Å². The second kappa shape index (κ2) is 6.13. The molecule has 4 aromatic carbocycles. The number of para-hydroxylation sites is 2. The molecule has 7 aromatic rings. The summed E-state index contributed by atoms with van der Waals surface area (Å²) in [4.78, 5) is 9.58. The van der Waals surface area contributed by atoms with Gasteiger partial charge in [-0.2, -0.15) is 0 Å². The minimum atomic E-state index is 0.950. The first kappa shape index (κ1) is 17.9. The van der Waals surface area contributed by atoms with Crippen LogP contribution in [-0.2, 0) is 12.8 Å². The van der Waals surface area contributed by atoms with Crippen molar-refractivity contribution in [2.45, 2.75) is 12.8 Å². The number of hydrogen-bond donors (Lipinski definition) is 0. The summed E-state index contributed by atoms with van der Waals surface area (Å²) < 4.78 is 2.28. The Morgan fingerprint density at radius 1 is 0.629 bits per heavy atom. The van der Waals surface area contributed by atoms with Crippen molar-refractivity contribution >= 4 is 38.4 Å². The van der Waals surface area contributed by atoms with Crippen molar-refractivity contribution in [3.05, 3.63) is 114 Å². The SMILES string of the molecule is c1ccc2c(c1)Cc1cc3c(cc1-2)Cc1c-3ccc2c1c1ccncc1n1c3ccccc3nc21. The number of aromatic nitrogens is 3. The molecule has 0 saturated heterocycles. The average Bonchev–Trinajstić information content (AvgIpc) is 3.58. The lowest BCUT2D eigenvalue weighted by atomic mass is 9.96. The summed E-state index contributed by atoms with van der Waals surface area (Å²) >= 11 is 0. The van der Waals surface area contributed by atoms with Crippen LogP contribution in [-0.4, -0.2) is 14.4 Å². The van der Waals surface area contributed by atoms with Crippen molar-refractivity contribution in [2.24, 2.45) is 0 Å². The molecule has 0 atom stereocenters. The molecule has 35 heavy (non-hydrogen) atoms. The Kier molecular flexibility index (Phi) is 3.14. The predicted molar refractivity (Wildman–Crippen MR) is 142 cm³/mol. The normalized spacial score (nSPS) is 13.5. The maximum atomic E-state index is 5.08. The van der Waals surface area contributed by atoms with E-state index in [1.165, 1.54) is 60.7 Å². The third kappa shape index (κ3) is 2.17. The van der Waals surface area contributed by atoms with Crippen LogP contribution in [0.1, 0.15) is 22.3 Å². The van der Waals surface area contributed by atoms with E-state index >= 15 is 0 Å². The molecular weight excluding hydrogens is 426 g/mol. The number of rotatable bonds is 0. The van der Waals surface area contributed by atoms with Crippen molar-refractivity contribution < 1.29 is 0 Å². The minimum absolute atomic E-state index is 0.950. The highest BCUT2D eigenvalue weighted by Gasteiger charge is 2.27. The number of nitrogens with zero attached hydrogens (tertiary/aromatic N) is 3. The van der Waals surface area contributed by atoms with Gasteiger partial charge in [-0.1, -0.05) is 42.5 Å². The summed E-state index contributed by atoms with van der Waals surface area (Å²) in [5.41, 5.74) is 15.6. The van der Waals surface area contributed by atoms with E-state index in [1.807, 2.05) is 12.4 Å². The zero-order valence-corrected chi connectivity index (χ0v) is 18.9. The molecule has 0 N–H and O–H groups in total. The van der Waals surface area contributed by atoms with Crippen LogP contribution in [0.2, 0.25) is 0 Å². The number of pyridine rings is 2. The van der Waals surface area contributed by atoms with Crippen LogP contribution in [0.5, 0.6) is 0 Å². The summed E-state index contributed by atoms with van der Waals surface area (Å²) in [6.07, 6.45) is 5.88. The number of benzene rings is 4. The molecule has 3 nitrogen and oxygen atoms in total. The third-order valence-electron chi connectivity index (χ3n) is 8.10. The molecule has 2 aliphatic rings. The Balaban J connectivity index is 1.38. The highest BCUT2D eigenvalue weighted by Crippen LogP contribution is 2.47. The molecule has 9 rings (SSSR count). The van der Waals surface area contributed by atoms with E-state index in [2.05, 4.69) is 88.2 Å². The largest absolute Gasteiger partial charge is 0.290 e. The second-order valence-corrected chi connectivity index (χ2v) is 9.84. The molecule has 0 unspecified atom stereocenters. The molecule has 3 heteroatoms. The molecular formula is C32H19N3. The van der Waals surface area contributed by atoms with Crippen molar-refractivity contribution in [1.29, 1.82) is 0 Å². The van der Waals surface area contributed by atoms with Crippen LogP contribution in [0.4, 0.5) is 0 Å². The Labute approximate surface area is 201 Å². The molecule has 0 bridgehead atoms. The first-order valence-electron chi connectivity index (χ1n) is 12.2. The van der Waals surface area contributed by atoms with Gasteiger partial charge in [0.05, 0.1) is 22.7 Å². The molecule has 3 aromatic heterocycles. The first-order chi connectivity index (χ1) is 17.3. The summed E-state index contributed by atoms with van der Waals surface area (Å²) in [7, 11) is 0. The van der Waals surface area contributed by atoms with E-state index in [9.17, 15) is 0 Å². The molecule has 2 aliphatic carbocycles. The first-order valence-corrected chi connectivity index (χ1v) is 12.2. The van der Waals surface area contributed by atoms with Crippen molar-refractivity contribution in [3.63, 3.8) is 0 Å². The van der Waals surface area contributed by atoms with E-state index in [1.54, 1.807) is 0 Å². The van der Waals surface area contributed by atoms with Gasteiger partial charge >= 0.3 is 0 Å². The van der Waals surface area contributed by atoms with Gasteiger partial charge in [-0.25, -0.2) is 4.98 Å². The fraction of sp³-hybridized carbons (Fsp3) is 0.0625. The summed E-state index contributed by atoms with van der Waals surface area (Å²) in [6, 6.07) is 28.9. The Morgan fingerprint density at radius 2 is 1.46 bits per heavy atom. The molecule has 0 spiro atoms. The lowest BCUT2D eigenvalue weighted by molar-refractivity contribution is 1.24. The van der Waals surface area contributed by atoms with Crippen molar-refractivity contribution in [1.82, 2.24) is 14.4 Å². The van der Waals surface area contributed by atoms with Gasteiger partial charge in [-0.3, -0.25) is 9.38 Å². The summed E-state index contributed by atoms with van der Waals surface area (Å²) in [6.45, 7) is 0. The van der Waals surface area contributed by atoms with E-state index in [-0.39, 0.29) is 0 Å². The molecule has 3 heterocycles. The van der Waals surface area contributed by atoms with Crippen LogP contribution < -0.4 is 0 Å². The highest BCUT2D eigenvalue weighted by molar-refractivity contribution is 6.17. The smallest absolute Gasteiger partial charge is 0.146 e. The van der Waals surface area contributed by atoms with Gasteiger partial charge in [0, 0.05) is 17.0 Å². The van der Waals surface area contributed by atoms with E-state index < -0.39 is 0 Å². The van der Waals surface area contributed by atoms with Crippen LogP contribution in [0.15, 0.2) is 91.3 Å². The summed E-state index contributed by atoms with van der Waals surface area (Å²) in [5.74, 6) is 0. The molecule has 0 saturated carbocycles. The Hall–Kier alpha value is -4.50. The van der Waals surface area contributed by atoms with Gasteiger partial charge < -0.3 is 0 Å². The van der Waals surface area contributed by atoms with Gasteiger partial charge in [0.15, 0.2) is 0 Å². The maximum Gasteiger partial charge on any atom is 0.146 e. The van der Waals surface area contributed by atoms with E-state index in [0.717, 1.165) is 35.0 Å². The van der Waals surface area contributed by atoms with E-state index in [0.29, 0.717) is 0 Å². The zero-order chi connectivity index (χ0) is 22.7. The molecule has 0 fully saturated rings. The Bertz CT molecular complexity index is 2060.